The zero-order valence-corrected chi connectivity index (χ0v) is 5.39. The summed E-state index contributed by atoms with van der Waals surface area (Å²) in [6.07, 6.45) is 3.20. The van der Waals surface area contributed by atoms with Crippen LogP contribution < -0.4 is 4.72 Å². The van der Waals surface area contributed by atoms with Gasteiger partial charge in [0.05, 0.1) is 5.69 Å². The molecule has 0 spiro atoms. The van der Waals surface area contributed by atoms with Crippen LogP contribution in [0.2, 0.25) is 0 Å². The molecule has 0 aromatic carbocycles. The van der Waals surface area contributed by atoms with E-state index in [1.54, 1.807) is 18.5 Å². The Morgan fingerprint density at radius 2 is 2.33 bits per heavy atom. The number of thiol groups is 1. The van der Waals surface area contributed by atoms with Crippen LogP contribution in [0.25, 0.3) is 0 Å². The van der Waals surface area contributed by atoms with Crippen molar-refractivity contribution in [1.29, 1.82) is 0 Å². The molecule has 0 saturated heterocycles. The number of hydrogen-bond acceptors (Lipinski definition) is 2. The van der Waals surface area contributed by atoms with Gasteiger partial charge in [0.25, 0.3) is 0 Å². The lowest BCUT2D eigenvalue weighted by molar-refractivity contribution is 0.619. The Kier molecular flexibility index (Phi) is 1.74. The number of H-pyrrole nitrogens is 1. The van der Waals surface area contributed by atoms with E-state index in [-0.39, 0.29) is 0 Å². The van der Waals surface area contributed by atoms with Gasteiger partial charge in [-0.2, -0.15) is 0 Å². The molecule has 1 rings (SSSR count). The molecule has 2 N–H and O–H groups in total. The smallest absolute Gasteiger partial charge is 0.222 e. The van der Waals surface area contributed by atoms with Crippen LogP contribution in [0.1, 0.15) is 0 Å². The Hall–Kier alpha value is -0.970. The Balaban J connectivity index is 2.68. The van der Waals surface area contributed by atoms with E-state index in [0.717, 1.165) is 0 Å². The van der Waals surface area contributed by atoms with Crippen molar-refractivity contribution in [2.45, 2.75) is 0 Å². The van der Waals surface area contributed by atoms with E-state index in [0.29, 0.717) is 5.69 Å². The lowest BCUT2D eigenvalue weighted by Crippen LogP contribution is -1.91. The molecule has 0 bridgehead atoms. The number of aromatic nitrogens is 1. The number of hydrogen-bond donors (Lipinski definition) is 3. The maximum absolute atomic E-state index is 9.98. The second kappa shape index (κ2) is 2.54. The Morgan fingerprint density at radius 1 is 1.56 bits per heavy atom. The van der Waals surface area contributed by atoms with Gasteiger partial charge in [-0.1, -0.05) is 0 Å². The fraction of sp³-hybridized carbons (Fsp3) is 0. The van der Waals surface area contributed by atoms with Gasteiger partial charge < -0.3 is 4.98 Å². The molecule has 0 amide bonds. The van der Waals surface area contributed by atoms with Crippen molar-refractivity contribution >= 4 is 16.6 Å². The summed E-state index contributed by atoms with van der Waals surface area (Å²) in [5, 5.41) is 0. The van der Waals surface area contributed by atoms with Crippen LogP contribution in [0, 0.1) is 0 Å². The van der Waals surface area contributed by atoms with Crippen LogP contribution in [0.15, 0.2) is 18.5 Å². The minimum absolute atomic E-state index is 0.561. The third-order valence-electron chi connectivity index (χ3n) is 0.818. The van der Waals surface area contributed by atoms with Gasteiger partial charge in [0.1, 0.15) is 0 Å². The molecule has 1 aromatic heterocycles. The number of nitrogens with one attached hydrogen (secondary N) is 2. The summed E-state index contributed by atoms with van der Waals surface area (Å²) in [5.41, 5.74) is 0.561. The zero-order chi connectivity index (χ0) is 6.69. The highest BCUT2D eigenvalue weighted by molar-refractivity contribution is 7.73. The molecule has 0 atom stereocenters. The monoisotopic (exact) mass is 146 g/mol. The van der Waals surface area contributed by atoms with Crippen molar-refractivity contribution in [2.24, 2.45) is 0 Å². The SMILES string of the molecule is O=[SH](=O)Nc1cc[nH]c1. The van der Waals surface area contributed by atoms with Crippen molar-refractivity contribution < 1.29 is 8.42 Å². The summed E-state index contributed by atoms with van der Waals surface area (Å²) in [7, 11) is -2.52. The van der Waals surface area contributed by atoms with E-state index in [2.05, 4.69) is 9.71 Å². The van der Waals surface area contributed by atoms with Crippen molar-refractivity contribution in [2.75, 3.05) is 4.72 Å². The highest BCUT2D eigenvalue weighted by Crippen LogP contribution is 2.01. The molecule has 5 heteroatoms. The molecule has 1 aromatic rings. The fourth-order valence-electron chi connectivity index (χ4n) is 0.499. The van der Waals surface area contributed by atoms with E-state index in [1.807, 2.05) is 0 Å². The lowest BCUT2D eigenvalue weighted by atomic mass is 10.6. The third kappa shape index (κ3) is 1.77. The molecular formula is C4H6N2O2S. The van der Waals surface area contributed by atoms with Gasteiger partial charge in [-0.25, -0.2) is 8.42 Å². The molecular weight excluding hydrogens is 140 g/mol. The van der Waals surface area contributed by atoms with Gasteiger partial charge in [-0.3, -0.25) is 4.72 Å². The van der Waals surface area contributed by atoms with Crippen molar-refractivity contribution in [1.82, 2.24) is 4.98 Å². The molecule has 50 valence electrons. The summed E-state index contributed by atoms with van der Waals surface area (Å²) in [6, 6.07) is 1.63. The highest BCUT2D eigenvalue weighted by Gasteiger charge is 1.87. The molecule has 4 nitrogen and oxygen atoms in total. The maximum Gasteiger partial charge on any atom is 0.222 e. The molecule has 0 radical (unpaired) electrons. The quantitative estimate of drug-likeness (QED) is 0.512. The Labute approximate surface area is 54.0 Å². The molecule has 0 aliphatic rings. The van der Waals surface area contributed by atoms with E-state index >= 15 is 0 Å². The summed E-state index contributed by atoms with van der Waals surface area (Å²) in [6.45, 7) is 0. The summed E-state index contributed by atoms with van der Waals surface area (Å²) in [5.74, 6) is 0. The van der Waals surface area contributed by atoms with Gasteiger partial charge in [-0.15, -0.1) is 0 Å². The topological polar surface area (TPSA) is 62.0 Å². The van der Waals surface area contributed by atoms with Crippen LogP contribution in [-0.2, 0) is 10.9 Å². The molecule has 0 aliphatic carbocycles. The van der Waals surface area contributed by atoms with E-state index in [4.69, 9.17) is 0 Å². The second-order valence-electron chi connectivity index (χ2n) is 1.47. The average Bonchev–Trinajstić information content (AvgIpc) is 2.15. The first-order valence-corrected chi connectivity index (χ1v) is 3.50. The van der Waals surface area contributed by atoms with Crippen molar-refractivity contribution in [3.63, 3.8) is 0 Å². The minimum atomic E-state index is -2.52. The van der Waals surface area contributed by atoms with Crippen LogP contribution in [0.5, 0.6) is 0 Å². The number of rotatable bonds is 2. The van der Waals surface area contributed by atoms with Crippen LogP contribution in [-0.4, -0.2) is 13.4 Å². The molecule has 0 aliphatic heterocycles. The Morgan fingerprint density at radius 3 is 2.78 bits per heavy atom. The summed E-state index contributed by atoms with van der Waals surface area (Å²) >= 11 is 0. The molecule has 0 unspecified atom stereocenters. The summed E-state index contributed by atoms with van der Waals surface area (Å²) < 4.78 is 22.2. The summed E-state index contributed by atoms with van der Waals surface area (Å²) in [4.78, 5) is 2.71. The normalized spacial score (nSPS) is 9.89. The van der Waals surface area contributed by atoms with Crippen molar-refractivity contribution in [3.05, 3.63) is 18.5 Å². The molecule has 9 heavy (non-hydrogen) atoms. The van der Waals surface area contributed by atoms with Crippen molar-refractivity contribution in [3.8, 4) is 0 Å². The largest absolute Gasteiger partial charge is 0.366 e. The van der Waals surface area contributed by atoms with Crippen LogP contribution in [0.3, 0.4) is 0 Å². The number of aromatic amines is 1. The first-order valence-electron chi connectivity index (χ1n) is 2.33. The van der Waals surface area contributed by atoms with Gasteiger partial charge in [-0.05, 0) is 6.07 Å². The molecule has 1 heterocycles. The fourth-order valence-corrected chi connectivity index (χ4v) is 0.849. The predicted molar refractivity (Wildman–Crippen MR) is 34.7 cm³/mol. The van der Waals surface area contributed by atoms with Gasteiger partial charge in [0.2, 0.25) is 10.9 Å². The Bertz CT molecular complexity index is 231. The van der Waals surface area contributed by atoms with Gasteiger partial charge in [0.15, 0.2) is 0 Å². The predicted octanol–water partition coefficient (Wildman–Crippen LogP) is -0.0470. The molecule has 0 fully saturated rings. The lowest BCUT2D eigenvalue weighted by Gasteiger charge is -1.87. The van der Waals surface area contributed by atoms with E-state index < -0.39 is 10.9 Å². The average molecular weight is 146 g/mol. The zero-order valence-electron chi connectivity index (χ0n) is 4.50. The van der Waals surface area contributed by atoms with Gasteiger partial charge >= 0.3 is 0 Å². The molecule has 0 saturated carbocycles. The highest BCUT2D eigenvalue weighted by atomic mass is 32.2. The second-order valence-corrected chi connectivity index (χ2v) is 2.21. The van der Waals surface area contributed by atoms with E-state index in [1.165, 1.54) is 0 Å². The first kappa shape index (κ1) is 6.15. The first-order chi connectivity index (χ1) is 4.29. The van der Waals surface area contributed by atoms with E-state index in [9.17, 15) is 8.42 Å². The van der Waals surface area contributed by atoms with Gasteiger partial charge in [0, 0.05) is 12.4 Å². The maximum atomic E-state index is 9.98. The number of anilines is 1. The minimum Gasteiger partial charge on any atom is -0.366 e. The van der Waals surface area contributed by atoms with Crippen LogP contribution in [0.4, 0.5) is 5.69 Å². The van der Waals surface area contributed by atoms with Crippen LogP contribution >= 0.6 is 0 Å². The standard InChI is InChI=1S/C4H6N2O2S/c7-9(8)6-4-1-2-5-3-4/h1-3,5,9H,(H,6,7,8). The third-order valence-corrected chi connectivity index (χ3v) is 1.26.